The van der Waals surface area contributed by atoms with Crippen molar-refractivity contribution in [3.63, 3.8) is 0 Å². The summed E-state index contributed by atoms with van der Waals surface area (Å²) in [7, 11) is 0.129. The van der Waals surface area contributed by atoms with Crippen molar-refractivity contribution in [2.75, 3.05) is 23.7 Å². The average Bonchev–Trinajstić information content (AvgIpc) is 3.10. The van der Waals surface area contributed by atoms with Gasteiger partial charge in [0.25, 0.3) is 10.0 Å². The highest BCUT2D eigenvalue weighted by Gasteiger charge is 2.16. The van der Waals surface area contributed by atoms with E-state index in [1.54, 1.807) is 24.3 Å². The Hall–Kier alpha value is -2.94. The van der Waals surface area contributed by atoms with E-state index >= 15 is 0 Å². The number of hydrogen-bond donors (Lipinski definition) is 2. The Morgan fingerprint density at radius 3 is 2.46 bits per heavy atom. The molecule has 24 heavy (non-hydrogen) atoms. The minimum Gasteiger partial charge on any atom is -0.378 e. The molecule has 0 spiro atoms. The monoisotopic (exact) mass is 344 g/mol. The summed E-state index contributed by atoms with van der Waals surface area (Å²) < 4.78 is 27.7. The smallest absolute Gasteiger partial charge is 0.261 e. The van der Waals surface area contributed by atoms with Gasteiger partial charge in [0.05, 0.1) is 4.90 Å². The summed E-state index contributed by atoms with van der Waals surface area (Å²) in [6, 6.07) is 13.5. The maximum Gasteiger partial charge on any atom is 0.261 e. The standard InChI is InChI=1S/C15H16N6O2S/c1-21(2)13-8-6-12(7-9-13)18-24(22,23)14-5-3-4-11(10-14)15-16-19-20-17-15/h3-10,18H,1-2H3,(H,16,17,19,20). The van der Waals surface area contributed by atoms with Gasteiger partial charge in [-0.15, -0.1) is 10.2 Å². The first-order chi connectivity index (χ1) is 11.5. The van der Waals surface area contributed by atoms with Gasteiger partial charge in [-0.3, -0.25) is 4.72 Å². The molecular weight excluding hydrogens is 328 g/mol. The Labute approximate surface area is 139 Å². The molecule has 1 aromatic heterocycles. The second-order valence-electron chi connectivity index (χ2n) is 5.31. The van der Waals surface area contributed by atoms with Crippen molar-refractivity contribution in [3.05, 3.63) is 48.5 Å². The molecule has 8 nitrogen and oxygen atoms in total. The molecule has 2 aromatic carbocycles. The van der Waals surface area contributed by atoms with Gasteiger partial charge < -0.3 is 4.90 Å². The Bertz CT molecular complexity index is 921. The maximum absolute atomic E-state index is 12.6. The zero-order valence-corrected chi connectivity index (χ0v) is 13.9. The highest BCUT2D eigenvalue weighted by molar-refractivity contribution is 7.92. The molecule has 0 saturated heterocycles. The van der Waals surface area contributed by atoms with Crippen LogP contribution >= 0.6 is 0 Å². The normalized spacial score (nSPS) is 11.2. The number of rotatable bonds is 5. The lowest BCUT2D eigenvalue weighted by molar-refractivity contribution is 0.601. The zero-order chi connectivity index (χ0) is 17.2. The van der Waals surface area contributed by atoms with E-state index in [1.165, 1.54) is 12.1 Å². The van der Waals surface area contributed by atoms with Crippen LogP contribution in [0.5, 0.6) is 0 Å². The first-order valence-corrected chi connectivity index (χ1v) is 8.58. The van der Waals surface area contributed by atoms with Crippen LogP contribution in [0.2, 0.25) is 0 Å². The van der Waals surface area contributed by atoms with E-state index in [4.69, 9.17) is 0 Å². The molecular formula is C15H16N6O2S. The zero-order valence-electron chi connectivity index (χ0n) is 13.1. The molecule has 0 saturated carbocycles. The number of sulfonamides is 1. The van der Waals surface area contributed by atoms with Gasteiger partial charge in [-0.2, -0.15) is 5.21 Å². The Kier molecular flexibility index (Phi) is 4.17. The molecule has 0 aliphatic heterocycles. The fraction of sp³-hybridized carbons (Fsp3) is 0.133. The second kappa shape index (κ2) is 6.28. The highest BCUT2D eigenvalue weighted by Crippen LogP contribution is 2.22. The topological polar surface area (TPSA) is 104 Å². The summed E-state index contributed by atoms with van der Waals surface area (Å²) in [6.07, 6.45) is 0. The van der Waals surface area contributed by atoms with E-state index in [0.29, 0.717) is 17.1 Å². The van der Waals surface area contributed by atoms with Gasteiger partial charge in [-0.1, -0.05) is 12.1 Å². The molecule has 0 unspecified atom stereocenters. The van der Waals surface area contributed by atoms with Crippen LogP contribution in [0, 0.1) is 0 Å². The lowest BCUT2D eigenvalue weighted by Gasteiger charge is -2.13. The third-order valence-electron chi connectivity index (χ3n) is 3.38. The molecule has 0 amide bonds. The Balaban J connectivity index is 1.86. The summed E-state index contributed by atoms with van der Waals surface area (Å²) in [4.78, 5) is 2.06. The van der Waals surface area contributed by atoms with Crippen molar-refractivity contribution in [2.24, 2.45) is 0 Å². The number of tetrazole rings is 1. The molecule has 9 heteroatoms. The summed E-state index contributed by atoms with van der Waals surface area (Å²) in [5, 5.41) is 13.5. The van der Waals surface area contributed by atoms with Gasteiger partial charge in [0.2, 0.25) is 5.82 Å². The molecule has 0 radical (unpaired) electrons. The predicted octanol–water partition coefficient (Wildman–Crippen LogP) is 1.73. The van der Waals surface area contributed by atoms with E-state index in [-0.39, 0.29) is 4.90 Å². The lowest BCUT2D eigenvalue weighted by Crippen LogP contribution is -2.13. The summed E-state index contributed by atoms with van der Waals surface area (Å²) in [5.41, 5.74) is 2.04. The quantitative estimate of drug-likeness (QED) is 0.730. The fourth-order valence-corrected chi connectivity index (χ4v) is 3.23. The van der Waals surface area contributed by atoms with Crippen LogP contribution in [0.4, 0.5) is 11.4 Å². The number of hydrogen-bond acceptors (Lipinski definition) is 6. The third kappa shape index (κ3) is 3.35. The van der Waals surface area contributed by atoms with E-state index in [1.807, 2.05) is 31.1 Å². The molecule has 124 valence electrons. The van der Waals surface area contributed by atoms with Crippen molar-refractivity contribution >= 4 is 21.4 Å². The number of aromatic nitrogens is 4. The number of benzene rings is 2. The van der Waals surface area contributed by atoms with E-state index in [0.717, 1.165) is 5.69 Å². The maximum atomic E-state index is 12.6. The molecule has 0 aliphatic rings. The van der Waals surface area contributed by atoms with Crippen LogP contribution in [-0.2, 0) is 10.0 Å². The van der Waals surface area contributed by atoms with Gasteiger partial charge in [-0.25, -0.2) is 8.42 Å². The lowest BCUT2D eigenvalue weighted by atomic mass is 10.2. The third-order valence-corrected chi connectivity index (χ3v) is 4.76. The molecule has 3 rings (SSSR count). The largest absolute Gasteiger partial charge is 0.378 e. The van der Waals surface area contributed by atoms with Crippen LogP contribution in [0.15, 0.2) is 53.4 Å². The molecule has 2 N–H and O–H groups in total. The highest BCUT2D eigenvalue weighted by atomic mass is 32.2. The molecule has 3 aromatic rings. The van der Waals surface area contributed by atoms with Crippen molar-refractivity contribution in [1.82, 2.24) is 20.6 Å². The fourth-order valence-electron chi connectivity index (χ4n) is 2.13. The summed E-state index contributed by atoms with van der Waals surface area (Å²) >= 11 is 0. The van der Waals surface area contributed by atoms with E-state index in [9.17, 15) is 8.42 Å². The van der Waals surface area contributed by atoms with E-state index < -0.39 is 10.0 Å². The molecule has 0 atom stereocenters. The van der Waals surface area contributed by atoms with Gasteiger partial charge >= 0.3 is 0 Å². The van der Waals surface area contributed by atoms with Crippen LogP contribution in [-0.4, -0.2) is 43.1 Å². The van der Waals surface area contributed by atoms with Gasteiger partial charge in [-0.05, 0) is 41.6 Å². The van der Waals surface area contributed by atoms with Crippen LogP contribution in [0.1, 0.15) is 0 Å². The van der Waals surface area contributed by atoms with Gasteiger partial charge in [0, 0.05) is 31.0 Å². The molecule has 1 heterocycles. The van der Waals surface area contributed by atoms with Crippen molar-refractivity contribution in [3.8, 4) is 11.4 Å². The Morgan fingerprint density at radius 2 is 1.83 bits per heavy atom. The van der Waals surface area contributed by atoms with Gasteiger partial charge in [0.15, 0.2) is 0 Å². The number of aromatic amines is 1. The summed E-state index contributed by atoms with van der Waals surface area (Å²) in [6.45, 7) is 0. The molecule has 0 fully saturated rings. The van der Waals surface area contributed by atoms with Crippen LogP contribution in [0.3, 0.4) is 0 Å². The van der Waals surface area contributed by atoms with Gasteiger partial charge in [0.1, 0.15) is 0 Å². The van der Waals surface area contributed by atoms with E-state index in [2.05, 4.69) is 25.3 Å². The minimum atomic E-state index is -3.71. The van der Waals surface area contributed by atoms with Crippen molar-refractivity contribution in [2.45, 2.75) is 4.90 Å². The minimum absolute atomic E-state index is 0.126. The van der Waals surface area contributed by atoms with Crippen LogP contribution < -0.4 is 9.62 Å². The number of H-pyrrole nitrogens is 1. The van der Waals surface area contributed by atoms with Crippen molar-refractivity contribution < 1.29 is 8.42 Å². The number of nitrogens with zero attached hydrogens (tertiary/aromatic N) is 4. The van der Waals surface area contributed by atoms with Crippen LogP contribution in [0.25, 0.3) is 11.4 Å². The van der Waals surface area contributed by atoms with Crippen molar-refractivity contribution in [1.29, 1.82) is 0 Å². The predicted molar refractivity (Wildman–Crippen MR) is 91.2 cm³/mol. The number of nitrogens with one attached hydrogen (secondary N) is 2. The SMILES string of the molecule is CN(C)c1ccc(NS(=O)(=O)c2cccc(-c3nn[nH]n3)c2)cc1. The summed E-state index contributed by atoms with van der Waals surface area (Å²) in [5.74, 6) is 0.336. The molecule has 0 bridgehead atoms. The number of anilines is 2. The molecule has 0 aliphatic carbocycles. The first kappa shape index (κ1) is 15.9. The first-order valence-electron chi connectivity index (χ1n) is 7.10. The second-order valence-corrected chi connectivity index (χ2v) is 6.99. The Morgan fingerprint density at radius 1 is 1.08 bits per heavy atom. The average molecular weight is 344 g/mol.